The van der Waals surface area contributed by atoms with Crippen molar-refractivity contribution in [3.8, 4) is 23.3 Å². The van der Waals surface area contributed by atoms with Crippen molar-refractivity contribution in [1.82, 2.24) is 14.9 Å². The van der Waals surface area contributed by atoms with Gasteiger partial charge in [0.25, 0.3) is 0 Å². The zero-order valence-corrected chi connectivity index (χ0v) is 17.4. The number of rotatable bonds is 6. The first-order chi connectivity index (χ1) is 13.0. The van der Waals surface area contributed by atoms with Crippen molar-refractivity contribution in [3.05, 3.63) is 30.1 Å². The van der Waals surface area contributed by atoms with E-state index in [9.17, 15) is 5.11 Å². The molecule has 3 rings (SSSR count). The lowest BCUT2D eigenvalue weighted by molar-refractivity contribution is 0.253. The number of pyridine rings is 1. The predicted octanol–water partition coefficient (Wildman–Crippen LogP) is 3.21. The normalized spacial score (nSPS) is 11.8. The topological polar surface area (TPSA) is 70.6 Å². The molecular weight excluding hydrogens is 378 g/mol. The van der Waals surface area contributed by atoms with E-state index in [0.29, 0.717) is 23.8 Å². The van der Waals surface area contributed by atoms with Gasteiger partial charge in [-0.25, -0.2) is 4.98 Å². The lowest BCUT2D eigenvalue weighted by atomic mass is 10.1. The lowest BCUT2D eigenvalue weighted by Crippen LogP contribution is -2.15. The van der Waals surface area contributed by atoms with E-state index < -0.39 is 6.10 Å². The Morgan fingerprint density at radius 3 is 2.71 bits per heavy atom. The van der Waals surface area contributed by atoms with Gasteiger partial charge in [-0.1, -0.05) is 5.92 Å². The average Bonchev–Trinajstić information content (AvgIpc) is 3.00. The standard InChI is InChI=1S/C21H25N3O3.ClH/c1-14(25)6-7-16-21-15-12-19(26-4)20(27-11-5-10-24(2)3)13-18(15)23-17(21)8-9-22-16;/h8-9,12-14,23,25H,5,10-11H2,1-4H3;1H. The van der Waals surface area contributed by atoms with E-state index in [1.54, 1.807) is 20.2 Å². The molecule has 1 unspecified atom stereocenters. The van der Waals surface area contributed by atoms with Crippen molar-refractivity contribution in [2.75, 3.05) is 34.4 Å². The number of nitrogens with zero attached hydrogens (tertiary/aromatic N) is 2. The molecule has 2 heterocycles. The summed E-state index contributed by atoms with van der Waals surface area (Å²) in [6, 6.07) is 5.81. The molecule has 0 saturated heterocycles. The highest BCUT2D eigenvalue weighted by molar-refractivity contribution is 6.10. The summed E-state index contributed by atoms with van der Waals surface area (Å²) in [5.41, 5.74) is 2.49. The van der Waals surface area contributed by atoms with Crippen LogP contribution in [0.5, 0.6) is 11.5 Å². The number of ether oxygens (including phenoxy) is 2. The maximum Gasteiger partial charge on any atom is 0.163 e. The van der Waals surface area contributed by atoms with E-state index in [4.69, 9.17) is 9.47 Å². The minimum atomic E-state index is -0.705. The van der Waals surface area contributed by atoms with Crippen LogP contribution >= 0.6 is 12.4 Å². The number of fused-ring (bicyclic) bond motifs is 3. The van der Waals surface area contributed by atoms with Gasteiger partial charge < -0.3 is 24.5 Å². The predicted molar refractivity (Wildman–Crippen MR) is 115 cm³/mol. The molecule has 28 heavy (non-hydrogen) atoms. The number of aliphatic hydroxyl groups is 1. The van der Waals surface area contributed by atoms with Crippen LogP contribution in [0.2, 0.25) is 0 Å². The summed E-state index contributed by atoms with van der Waals surface area (Å²) < 4.78 is 11.5. The van der Waals surface area contributed by atoms with Crippen LogP contribution in [0.4, 0.5) is 0 Å². The van der Waals surface area contributed by atoms with Gasteiger partial charge in [0, 0.05) is 29.6 Å². The first-order valence-corrected chi connectivity index (χ1v) is 8.95. The van der Waals surface area contributed by atoms with Crippen LogP contribution < -0.4 is 9.47 Å². The number of halogens is 1. The summed E-state index contributed by atoms with van der Waals surface area (Å²) in [5.74, 6) is 7.10. The summed E-state index contributed by atoms with van der Waals surface area (Å²) in [5, 5.41) is 11.3. The van der Waals surface area contributed by atoms with Crippen LogP contribution in [0.25, 0.3) is 21.8 Å². The van der Waals surface area contributed by atoms with Crippen molar-refractivity contribution in [3.63, 3.8) is 0 Å². The smallest absolute Gasteiger partial charge is 0.163 e. The van der Waals surface area contributed by atoms with E-state index in [1.165, 1.54) is 0 Å². The van der Waals surface area contributed by atoms with Gasteiger partial charge in [0.2, 0.25) is 0 Å². The maximum absolute atomic E-state index is 9.46. The van der Waals surface area contributed by atoms with E-state index in [1.807, 2.05) is 32.3 Å². The van der Waals surface area contributed by atoms with E-state index >= 15 is 0 Å². The molecule has 0 aliphatic rings. The van der Waals surface area contributed by atoms with Gasteiger partial charge in [-0.05, 0) is 45.5 Å². The zero-order valence-electron chi connectivity index (χ0n) is 16.6. The third-order valence-corrected chi connectivity index (χ3v) is 4.20. The number of aromatic amines is 1. The summed E-state index contributed by atoms with van der Waals surface area (Å²) in [7, 11) is 5.72. The molecule has 0 spiro atoms. The molecule has 3 aromatic rings. The monoisotopic (exact) mass is 403 g/mol. The largest absolute Gasteiger partial charge is 0.493 e. The van der Waals surface area contributed by atoms with Crippen molar-refractivity contribution >= 4 is 34.2 Å². The number of aromatic nitrogens is 2. The molecule has 0 bridgehead atoms. The molecule has 0 amide bonds. The van der Waals surface area contributed by atoms with Gasteiger partial charge in [-0.15, -0.1) is 12.4 Å². The minimum Gasteiger partial charge on any atom is -0.493 e. The lowest BCUT2D eigenvalue weighted by Gasteiger charge is -2.13. The first-order valence-electron chi connectivity index (χ1n) is 8.95. The fourth-order valence-corrected chi connectivity index (χ4v) is 2.96. The van der Waals surface area contributed by atoms with Gasteiger partial charge in [-0.2, -0.15) is 0 Å². The zero-order chi connectivity index (χ0) is 19.4. The number of H-pyrrole nitrogens is 1. The second-order valence-corrected chi connectivity index (χ2v) is 6.71. The maximum atomic E-state index is 9.46. The molecule has 2 aromatic heterocycles. The van der Waals surface area contributed by atoms with Gasteiger partial charge in [0.15, 0.2) is 11.5 Å². The van der Waals surface area contributed by atoms with Gasteiger partial charge in [-0.3, -0.25) is 0 Å². The molecule has 0 fully saturated rings. The molecule has 0 aliphatic heterocycles. The molecule has 6 nitrogen and oxygen atoms in total. The highest BCUT2D eigenvalue weighted by Crippen LogP contribution is 2.36. The summed E-state index contributed by atoms with van der Waals surface area (Å²) >= 11 is 0. The van der Waals surface area contributed by atoms with Crippen LogP contribution in [0.15, 0.2) is 24.4 Å². The number of benzene rings is 1. The van der Waals surface area contributed by atoms with Gasteiger partial charge in [0.1, 0.15) is 11.8 Å². The van der Waals surface area contributed by atoms with Gasteiger partial charge in [0.05, 0.1) is 24.8 Å². The number of methoxy groups -OCH3 is 1. The highest BCUT2D eigenvalue weighted by Gasteiger charge is 2.14. The first kappa shape index (κ1) is 21.8. The summed E-state index contributed by atoms with van der Waals surface area (Å²) in [6.45, 7) is 3.21. The average molecular weight is 404 g/mol. The third kappa shape index (κ3) is 4.87. The van der Waals surface area contributed by atoms with E-state index in [0.717, 1.165) is 34.8 Å². The Balaban J connectivity index is 0.00000280. The van der Waals surface area contributed by atoms with Crippen molar-refractivity contribution < 1.29 is 14.6 Å². The van der Waals surface area contributed by atoms with Crippen LogP contribution in [-0.2, 0) is 0 Å². The number of hydrogen-bond donors (Lipinski definition) is 2. The molecule has 0 aliphatic carbocycles. The molecule has 7 heteroatoms. The van der Waals surface area contributed by atoms with Crippen molar-refractivity contribution in [2.24, 2.45) is 0 Å². The minimum absolute atomic E-state index is 0. The Bertz CT molecular complexity index is 1000. The third-order valence-electron chi connectivity index (χ3n) is 4.20. The van der Waals surface area contributed by atoms with Crippen molar-refractivity contribution in [2.45, 2.75) is 19.4 Å². The Kier molecular flexibility index (Phi) is 7.53. The Morgan fingerprint density at radius 1 is 1.25 bits per heavy atom. The molecule has 2 N–H and O–H groups in total. The SMILES string of the molecule is COc1cc2c(cc1OCCCN(C)C)[nH]c1ccnc(C#CC(C)O)c12.Cl. The fourth-order valence-electron chi connectivity index (χ4n) is 2.96. The Hall–Kier alpha value is -2.46. The highest BCUT2D eigenvalue weighted by atomic mass is 35.5. The van der Waals surface area contributed by atoms with Crippen LogP contribution in [-0.4, -0.2) is 60.4 Å². The van der Waals surface area contributed by atoms with Crippen LogP contribution in [0, 0.1) is 11.8 Å². The fraction of sp³-hybridized carbons (Fsp3) is 0.381. The summed E-state index contributed by atoms with van der Waals surface area (Å²) in [4.78, 5) is 9.90. The molecule has 0 saturated carbocycles. The molecular formula is C21H26ClN3O3. The van der Waals surface area contributed by atoms with Crippen LogP contribution in [0.3, 0.4) is 0 Å². The van der Waals surface area contributed by atoms with Crippen LogP contribution in [0.1, 0.15) is 19.0 Å². The van der Waals surface area contributed by atoms with E-state index in [-0.39, 0.29) is 12.4 Å². The molecule has 150 valence electrons. The Labute approximate surface area is 171 Å². The number of nitrogens with one attached hydrogen (secondary N) is 1. The number of aliphatic hydroxyl groups excluding tert-OH is 1. The van der Waals surface area contributed by atoms with E-state index in [2.05, 4.69) is 26.7 Å². The molecule has 1 aromatic carbocycles. The summed E-state index contributed by atoms with van der Waals surface area (Å²) in [6.07, 6.45) is 1.94. The molecule has 1 atom stereocenters. The second-order valence-electron chi connectivity index (χ2n) is 6.71. The second kappa shape index (κ2) is 9.65. The van der Waals surface area contributed by atoms with Crippen molar-refractivity contribution in [1.29, 1.82) is 0 Å². The van der Waals surface area contributed by atoms with Gasteiger partial charge >= 0.3 is 0 Å². The quantitative estimate of drug-likeness (QED) is 0.488. The Morgan fingerprint density at radius 2 is 2.04 bits per heavy atom. The number of hydrogen-bond acceptors (Lipinski definition) is 5. The molecule has 0 radical (unpaired) electrons.